The Labute approximate surface area is 76.5 Å². The van der Waals surface area contributed by atoms with E-state index in [9.17, 15) is 9.59 Å². The molecule has 0 aliphatic carbocycles. The van der Waals surface area contributed by atoms with Crippen molar-refractivity contribution in [3.63, 3.8) is 0 Å². The van der Waals surface area contributed by atoms with Crippen LogP contribution < -0.4 is 10.6 Å². The molecule has 5 heteroatoms. The van der Waals surface area contributed by atoms with Gasteiger partial charge in [0.05, 0.1) is 6.04 Å². The predicted octanol–water partition coefficient (Wildman–Crippen LogP) is -0.672. The van der Waals surface area contributed by atoms with Crippen molar-refractivity contribution in [3.8, 4) is 0 Å². The Morgan fingerprint density at radius 1 is 1.54 bits per heavy atom. The zero-order chi connectivity index (χ0) is 10.1. The van der Waals surface area contributed by atoms with Crippen LogP contribution in [0.4, 0.5) is 0 Å². The minimum atomic E-state index is -1.19. The van der Waals surface area contributed by atoms with Crippen LogP contribution >= 0.6 is 0 Å². The Kier molecular flexibility index (Phi) is 2.56. The molecule has 3 N–H and O–H groups in total. The number of carboxylic acid groups (broad SMARTS) is 1. The van der Waals surface area contributed by atoms with Crippen LogP contribution in [0.2, 0.25) is 0 Å². The molecule has 5 nitrogen and oxygen atoms in total. The van der Waals surface area contributed by atoms with E-state index in [4.69, 9.17) is 5.11 Å². The highest BCUT2D eigenvalue weighted by molar-refractivity contribution is 5.89. The molecule has 1 amide bonds. The predicted molar refractivity (Wildman–Crippen MR) is 46.3 cm³/mol. The molecule has 0 radical (unpaired) electrons. The van der Waals surface area contributed by atoms with Gasteiger partial charge in [-0.15, -0.1) is 0 Å². The second kappa shape index (κ2) is 3.33. The minimum absolute atomic E-state index is 0.210. The Bertz CT molecular complexity index is 234. The lowest BCUT2D eigenvalue weighted by atomic mass is 10.0. The quantitative estimate of drug-likeness (QED) is 0.546. The fraction of sp³-hybridized carbons (Fsp3) is 0.750. The topological polar surface area (TPSA) is 78.4 Å². The maximum Gasteiger partial charge on any atom is 0.328 e. The summed E-state index contributed by atoms with van der Waals surface area (Å²) in [6.07, 6.45) is 0.779. The van der Waals surface area contributed by atoms with Crippen LogP contribution in [0.15, 0.2) is 0 Å². The lowest BCUT2D eigenvalue weighted by Gasteiger charge is -2.30. The van der Waals surface area contributed by atoms with Crippen LogP contribution in [0.3, 0.4) is 0 Å². The van der Waals surface area contributed by atoms with Crippen molar-refractivity contribution in [2.75, 3.05) is 6.54 Å². The molecule has 1 unspecified atom stereocenters. The number of carbonyl (C=O) groups excluding carboxylic acids is 1. The number of hydrogen-bond donors (Lipinski definition) is 3. The van der Waals surface area contributed by atoms with Crippen molar-refractivity contribution in [3.05, 3.63) is 0 Å². The van der Waals surface area contributed by atoms with Gasteiger partial charge in [0.1, 0.15) is 5.54 Å². The molecule has 0 aromatic carbocycles. The van der Waals surface area contributed by atoms with Crippen LogP contribution in [-0.4, -0.2) is 35.1 Å². The normalized spacial score (nSPS) is 21.8. The fourth-order valence-corrected chi connectivity index (χ4v) is 0.961. The Morgan fingerprint density at radius 2 is 2.08 bits per heavy atom. The average Bonchev–Trinajstić information content (AvgIpc) is 1.80. The van der Waals surface area contributed by atoms with Crippen molar-refractivity contribution in [2.24, 2.45) is 0 Å². The summed E-state index contributed by atoms with van der Waals surface area (Å²) in [5.74, 6) is -1.26. The largest absolute Gasteiger partial charge is 0.480 e. The highest BCUT2D eigenvalue weighted by Gasteiger charge is 2.33. The first kappa shape index (κ1) is 9.98. The first-order valence-electron chi connectivity index (χ1n) is 4.22. The van der Waals surface area contributed by atoms with Gasteiger partial charge in [0.25, 0.3) is 0 Å². The van der Waals surface area contributed by atoms with E-state index in [0.29, 0.717) is 0 Å². The number of rotatable bonds is 3. The lowest BCUT2D eigenvalue weighted by Crippen LogP contribution is -2.59. The van der Waals surface area contributed by atoms with Crippen molar-refractivity contribution < 1.29 is 14.7 Å². The van der Waals surface area contributed by atoms with Gasteiger partial charge in [0.2, 0.25) is 5.91 Å². The summed E-state index contributed by atoms with van der Waals surface area (Å²) in [4.78, 5) is 22.0. The summed E-state index contributed by atoms with van der Waals surface area (Å²) in [5, 5.41) is 14.1. The second-order valence-corrected chi connectivity index (χ2v) is 3.71. The first-order chi connectivity index (χ1) is 5.93. The third kappa shape index (κ3) is 2.18. The highest BCUT2D eigenvalue weighted by Crippen LogP contribution is 2.06. The van der Waals surface area contributed by atoms with Crippen LogP contribution in [0, 0.1) is 0 Å². The van der Waals surface area contributed by atoms with Crippen LogP contribution in [0.5, 0.6) is 0 Å². The summed E-state index contributed by atoms with van der Waals surface area (Å²) in [6, 6.07) is -0.210. The summed E-state index contributed by atoms with van der Waals surface area (Å²) >= 11 is 0. The third-order valence-corrected chi connectivity index (χ3v) is 2.11. The molecule has 0 aromatic rings. The zero-order valence-electron chi connectivity index (χ0n) is 7.76. The SMILES string of the molecule is CC(C)(NC(=O)C1CCN1)C(=O)O. The number of hydrogen-bond acceptors (Lipinski definition) is 3. The molecule has 1 aliphatic heterocycles. The Balaban J connectivity index is 2.46. The van der Waals surface area contributed by atoms with Gasteiger partial charge in [-0.05, 0) is 26.8 Å². The molecule has 74 valence electrons. The van der Waals surface area contributed by atoms with Gasteiger partial charge in [-0.3, -0.25) is 4.79 Å². The molecule has 1 heterocycles. The van der Waals surface area contributed by atoms with E-state index in [0.717, 1.165) is 13.0 Å². The average molecular weight is 186 g/mol. The van der Waals surface area contributed by atoms with Gasteiger partial charge < -0.3 is 15.7 Å². The van der Waals surface area contributed by atoms with Crippen LogP contribution in [0.25, 0.3) is 0 Å². The molecule has 1 rings (SSSR count). The van der Waals surface area contributed by atoms with E-state index in [-0.39, 0.29) is 11.9 Å². The summed E-state index contributed by atoms with van der Waals surface area (Å²) in [7, 11) is 0. The van der Waals surface area contributed by atoms with E-state index in [2.05, 4.69) is 10.6 Å². The number of nitrogens with one attached hydrogen (secondary N) is 2. The van der Waals surface area contributed by atoms with Gasteiger partial charge in [-0.1, -0.05) is 0 Å². The highest BCUT2D eigenvalue weighted by atomic mass is 16.4. The molecule has 1 saturated heterocycles. The monoisotopic (exact) mass is 186 g/mol. The summed E-state index contributed by atoms with van der Waals surface area (Å²) in [5.41, 5.74) is -1.19. The van der Waals surface area contributed by atoms with E-state index < -0.39 is 11.5 Å². The lowest BCUT2D eigenvalue weighted by molar-refractivity contribution is -0.146. The van der Waals surface area contributed by atoms with E-state index in [1.54, 1.807) is 0 Å². The maximum atomic E-state index is 11.3. The van der Waals surface area contributed by atoms with E-state index >= 15 is 0 Å². The number of aliphatic carboxylic acids is 1. The van der Waals surface area contributed by atoms with Crippen molar-refractivity contribution in [1.29, 1.82) is 0 Å². The van der Waals surface area contributed by atoms with Crippen LogP contribution in [0.1, 0.15) is 20.3 Å². The van der Waals surface area contributed by atoms with E-state index in [1.807, 2.05) is 0 Å². The van der Waals surface area contributed by atoms with Gasteiger partial charge in [-0.25, -0.2) is 4.79 Å². The van der Waals surface area contributed by atoms with Crippen molar-refractivity contribution in [2.45, 2.75) is 31.8 Å². The number of amides is 1. The van der Waals surface area contributed by atoms with Crippen molar-refractivity contribution in [1.82, 2.24) is 10.6 Å². The fourth-order valence-electron chi connectivity index (χ4n) is 0.961. The number of carboxylic acids is 1. The Hall–Kier alpha value is -1.10. The Morgan fingerprint density at radius 3 is 2.38 bits per heavy atom. The standard InChI is InChI=1S/C8H14N2O3/c1-8(2,7(12)13)10-6(11)5-3-4-9-5/h5,9H,3-4H2,1-2H3,(H,10,11)(H,12,13). The van der Waals surface area contributed by atoms with Gasteiger partial charge in [0.15, 0.2) is 0 Å². The summed E-state index contributed by atoms with van der Waals surface area (Å²) < 4.78 is 0. The molecule has 0 saturated carbocycles. The first-order valence-corrected chi connectivity index (χ1v) is 4.22. The molecule has 1 atom stereocenters. The van der Waals surface area contributed by atoms with E-state index in [1.165, 1.54) is 13.8 Å². The van der Waals surface area contributed by atoms with Gasteiger partial charge in [0, 0.05) is 0 Å². The second-order valence-electron chi connectivity index (χ2n) is 3.71. The number of carbonyl (C=O) groups is 2. The molecule has 0 bridgehead atoms. The van der Waals surface area contributed by atoms with Crippen molar-refractivity contribution >= 4 is 11.9 Å². The molecular weight excluding hydrogens is 172 g/mol. The summed E-state index contributed by atoms with van der Waals surface area (Å²) in [6.45, 7) is 3.75. The minimum Gasteiger partial charge on any atom is -0.480 e. The van der Waals surface area contributed by atoms with Gasteiger partial charge >= 0.3 is 5.97 Å². The third-order valence-electron chi connectivity index (χ3n) is 2.11. The maximum absolute atomic E-state index is 11.3. The van der Waals surface area contributed by atoms with Gasteiger partial charge in [-0.2, -0.15) is 0 Å². The molecular formula is C8H14N2O3. The molecule has 1 fully saturated rings. The molecule has 13 heavy (non-hydrogen) atoms. The molecule has 0 spiro atoms. The molecule has 1 aliphatic rings. The smallest absolute Gasteiger partial charge is 0.328 e. The molecule has 0 aromatic heterocycles. The van der Waals surface area contributed by atoms with Crippen LogP contribution in [-0.2, 0) is 9.59 Å². The zero-order valence-corrected chi connectivity index (χ0v) is 7.76.